The Labute approximate surface area is 146 Å². The molecule has 0 amide bonds. The highest BCUT2D eigenvalue weighted by Gasteiger charge is 2.11. The lowest BCUT2D eigenvalue weighted by atomic mass is 10.0. The molecule has 1 aromatic heterocycles. The van der Waals surface area contributed by atoms with E-state index in [1.54, 1.807) is 6.07 Å². The van der Waals surface area contributed by atoms with Gasteiger partial charge in [0.1, 0.15) is 5.58 Å². The van der Waals surface area contributed by atoms with Gasteiger partial charge in [-0.15, -0.1) is 0 Å². The lowest BCUT2D eigenvalue weighted by molar-refractivity contribution is 0.547. The summed E-state index contributed by atoms with van der Waals surface area (Å²) in [6.07, 6.45) is 0. The number of hydrogen-bond acceptors (Lipinski definition) is 3. The van der Waals surface area contributed by atoms with E-state index in [2.05, 4.69) is 25.2 Å². The fourth-order valence-corrected chi connectivity index (χ4v) is 3.13. The van der Waals surface area contributed by atoms with Gasteiger partial charge in [0.25, 0.3) is 0 Å². The Kier molecular flexibility index (Phi) is 4.74. The van der Waals surface area contributed by atoms with Crippen molar-refractivity contribution in [3.63, 3.8) is 0 Å². The molecule has 3 aromatic rings. The summed E-state index contributed by atoms with van der Waals surface area (Å²) in [5.74, 6) is 0. The third-order valence-corrected chi connectivity index (χ3v) is 4.76. The van der Waals surface area contributed by atoms with Crippen molar-refractivity contribution < 1.29 is 4.42 Å². The van der Waals surface area contributed by atoms with E-state index in [1.807, 2.05) is 37.3 Å². The highest BCUT2D eigenvalue weighted by molar-refractivity contribution is 6.31. The molecule has 0 spiro atoms. The fourth-order valence-electron chi connectivity index (χ4n) is 2.83. The molecule has 124 valence electrons. The minimum atomic E-state index is -0.326. The Morgan fingerprint density at radius 3 is 2.58 bits per heavy atom. The van der Waals surface area contributed by atoms with Gasteiger partial charge in [-0.05, 0) is 61.2 Å². The largest absolute Gasteiger partial charge is 0.423 e. The predicted octanol–water partition coefficient (Wildman–Crippen LogP) is 4.91. The molecule has 4 heteroatoms. The highest BCUT2D eigenvalue weighted by Crippen LogP contribution is 2.24. The second kappa shape index (κ2) is 6.80. The van der Waals surface area contributed by atoms with Crippen molar-refractivity contribution in [1.82, 2.24) is 5.32 Å². The van der Waals surface area contributed by atoms with E-state index >= 15 is 0 Å². The van der Waals surface area contributed by atoms with Crippen LogP contribution in [0.25, 0.3) is 11.0 Å². The molecule has 1 N–H and O–H groups in total. The summed E-state index contributed by atoms with van der Waals surface area (Å²) in [5.41, 5.74) is 4.57. The van der Waals surface area contributed by atoms with Crippen LogP contribution in [0.3, 0.4) is 0 Å². The average Bonchev–Trinajstić information content (AvgIpc) is 2.54. The van der Waals surface area contributed by atoms with Gasteiger partial charge in [0, 0.05) is 29.1 Å². The van der Waals surface area contributed by atoms with Crippen LogP contribution < -0.4 is 10.9 Å². The summed E-state index contributed by atoms with van der Waals surface area (Å²) in [4.78, 5) is 11.9. The zero-order valence-electron chi connectivity index (χ0n) is 14.0. The first-order chi connectivity index (χ1) is 11.5. The van der Waals surface area contributed by atoms with Gasteiger partial charge in [-0.1, -0.05) is 29.8 Å². The second-order valence-corrected chi connectivity index (χ2v) is 6.55. The molecule has 3 rings (SSSR count). The number of aryl methyl sites for hydroxylation is 2. The van der Waals surface area contributed by atoms with E-state index in [9.17, 15) is 4.79 Å². The highest BCUT2D eigenvalue weighted by atomic mass is 35.5. The third-order valence-electron chi connectivity index (χ3n) is 4.41. The summed E-state index contributed by atoms with van der Waals surface area (Å²) in [6.45, 7) is 6.70. The van der Waals surface area contributed by atoms with Gasteiger partial charge in [0.2, 0.25) is 0 Å². The first-order valence-electron chi connectivity index (χ1n) is 7.97. The number of fused-ring (bicyclic) bond motifs is 1. The summed E-state index contributed by atoms with van der Waals surface area (Å²) in [6, 6.07) is 13.4. The predicted molar refractivity (Wildman–Crippen MR) is 98.7 cm³/mol. The lowest BCUT2D eigenvalue weighted by Crippen LogP contribution is -2.19. The van der Waals surface area contributed by atoms with Crippen LogP contribution in [0.4, 0.5) is 0 Å². The van der Waals surface area contributed by atoms with Gasteiger partial charge in [0.15, 0.2) is 0 Å². The summed E-state index contributed by atoms with van der Waals surface area (Å²) >= 11 is 6.25. The molecule has 24 heavy (non-hydrogen) atoms. The van der Waals surface area contributed by atoms with Gasteiger partial charge in [-0.2, -0.15) is 0 Å². The molecule has 0 radical (unpaired) electrons. The SMILES string of the molecule is Cc1cc2oc(=O)cc(CN[C@H](C)c3ccccc3Cl)c2cc1C. The van der Waals surface area contributed by atoms with Crippen molar-refractivity contribution in [3.8, 4) is 0 Å². The molecule has 0 saturated carbocycles. The van der Waals surface area contributed by atoms with Gasteiger partial charge >= 0.3 is 5.63 Å². The molecule has 0 saturated heterocycles. The summed E-state index contributed by atoms with van der Waals surface area (Å²) < 4.78 is 5.34. The summed E-state index contributed by atoms with van der Waals surface area (Å²) in [5, 5.41) is 5.15. The monoisotopic (exact) mass is 341 g/mol. The maximum atomic E-state index is 11.9. The van der Waals surface area contributed by atoms with Crippen LogP contribution in [0.1, 0.15) is 35.2 Å². The van der Waals surface area contributed by atoms with Crippen LogP contribution in [0, 0.1) is 13.8 Å². The van der Waals surface area contributed by atoms with E-state index in [0.717, 1.165) is 27.1 Å². The van der Waals surface area contributed by atoms with Crippen molar-refractivity contribution in [2.24, 2.45) is 0 Å². The van der Waals surface area contributed by atoms with Crippen molar-refractivity contribution in [3.05, 3.63) is 80.2 Å². The first-order valence-corrected chi connectivity index (χ1v) is 8.35. The molecule has 0 fully saturated rings. The van der Waals surface area contributed by atoms with E-state index in [1.165, 1.54) is 5.56 Å². The van der Waals surface area contributed by atoms with Gasteiger partial charge in [-0.25, -0.2) is 4.79 Å². The van der Waals surface area contributed by atoms with Gasteiger partial charge in [0.05, 0.1) is 0 Å². The summed E-state index contributed by atoms with van der Waals surface area (Å²) in [7, 11) is 0. The van der Waals surface area contributed by atoms with Crippen molar-refractivity contribution in [2.45, 2.75) is 33.4 Å². The number of nitrogens with one attached hydrogen (secondary N) is 1. The molecule has 1 atom stereocenters. The molecular weight excluding hydrogens is 322 g/mol. The smallest absolute Gasteiger partial charge is 0.336 e. The van der Waals surface area contributed by atoms with E-state index in [-0.39, 0.29) is 11.7 Å². The zero-order chi connectivity index (χ0) is 17.3. The van der Waals surface area contributed by atoms with E-state index in [4.69, 9.17) is 16.0 Å². The quantitative estimate of drug-likeness (QED) is 0.685. The van der Waals surface area contributed by atoms with E-state index in [0.29, 0.717) is 12.1 Å². The molecule has 3 nitrogen and oxygen atoms in total. The first kappa shape index (κ1) is 16.7. The van der Waals surface area contributed by atoms with Crippen LogP contribution in [-0.4, -0.2) is 0 Å². The van der Waals surface area contributed by atoms with Crippen molar-refractivity contribution >= 4 is 22.6 Å². The Balaban J connectivity index is 1.91. The van der Waals surface area contributed by atoms with Crippen LogP contribution in [0.5, 0.6) is 0 Å². The number of hydrogen-bond donors (Lipinski definition) is 1. The topological polar surface area (TPSA) is 42.2 Å². The molecule has 1 heterocycles. The minimum absolute atomic E-state index is 0.0764. The Bertz CT molecular complexity index is 946. The lowest BCUT2D eigenvalue weighted by Gasteiger charge is -2.16. The Morgan fingerprint density at radius 1 is 1.12 bits per heavy atom. The third kappa shape index (κ3) is 3.37. The molecule has 0 aliphatic carbocycles. The van der Waals surface area contributed by atoms with Crippen LogP contribution >= 0.6 is 11.6 Å². The Morgan fingerprint density at radius 2 is 1.83 bits per heavy atom. The number of halogens is 1. The van der Waals surface area contributed by atoms with Gasteiger partial charge < -0.3 is 9.73 Å². The van der Waals surface area contributed by atoms with Crippen LogP contribution in [-0.2, 0) is 6.54 Å². The maximum absolute atomic E-state index is 11.9. The fraction of sp³-hybridized carbons (Fsp3) is 0.250. The van der Waals surface area contributed by atoms with Crippen LogP contribution in [0.15, 0.2) is 51.7 Å². The molecule has 0 aliphatic heterocycles. The van der Waals surface area contributed by atoms with Gasteiger partial charge in [-0.3, -0.25) is 0 Å². The molecule has 2 aromatic carbocycles. The number of rotatable bonds is 4. The van der Waals surface area contributed by atoms with Crippen molar-refractivity contribution in [2.75, 3.05) is 0 Å². The minimum Gasteiger partial charge on any atom is -0.423 e. The number of benzene rings is 2. The van der Waals surface area contributed by atoms with Crippen molar-refractivity contribution in [1.29, 1.82) is 0 Å². The Hall–Kier alpha value is -2.10. The molecule has 0 aliphatic rings. The maximum Gasteiger partial charge on any atom is 0.336 e. The zero-order valence-corrected chi connectivity index (χ0v) is 14.8. The second-order valence-electron chi connectivity index (χ2n) is 6.15. The molecule has 0 bridgehead atoms. The normalized spacial score (nSPS) is 12.5. The molecular formula is C20H20ClNO2. The average molecular weight is 342 g/mol. The standard InChI is InChI=1S/C20H20ClNO2/c1-12-8-17-15(10-20(23)24-19(17)9-13(12)2)11-22-14(3)16-6-4-5-7-18(16)21/h4-10,14,22H,11H2,1-3H3/t14-/m1/s1. The molecule has 0 unspecified atom stereocenters. The van der Waals surface area contributed by atoms with E-state index < -0.39 is 0 Å². The van der Waals surface area contributed by atoms with Crippen LogP contribution in [0.2, 0.25) is 5.02 Å².